The SMILES string of the molecule is O=C(N/N=C/c1ccc(-c2ccccc2[N+](=O)[O-])o1)c1cc2cc(Br)cc(Br)c2o1. The highest BCUT2D eigenvalue weighted by Crippen LogP contribution is 2.31. The first-order valence-electron chi connectivity index (χ1n) is 8.48. The number of nitro benzene ring substituents is 1. The summed E-state index contributed by atoms with van der Waals surface area (Å²) in [4.78, 5) is 23.0. The molecule has 0 bridgehead atoms. The number of hydrogen-bond donors (Lipinski definition) is 1. The minimum atomic E-state index is -0.532. The fraction of sp³-hybridized carbons (Fsp3) is 0. The predicted molar refractivity (Wildman–Crippen MR) is 117 cm³/mol. The number of amides is 1. The molecule has 0 saturated carbocycles. The molecule has 4 aromatic rings. The van der Waals surface area contributed by atoms with Gasteiger partial charge in [0.05, 0.1) is 21.2 Å². The maximum atomic E-state index is 12.3. The van der Waals surface area contributed by atoms with Crippen molar-refractivity contribution in [1.29, 1.82) is 0 Å². The third-order valence-corrected chi connectivity index (χ3v) is 5.16. The van der Waals surface area contributed by atoms with Crippen LogP contribution in [0.1, 0.15) is 16.3 Å². The Kier molecular flexibility index (Phi) is 5.51. The van der Waals surface area contributed by atoms with Gasteiger partial charge in [-0.1, -0.05) is 28.1 Å². The molecule has 0 unspecified atom stereocenters. The molecule has 0 radical (unpaired) electrons. The van der Waals surface area contributed by atoms with Gasteiger partial charge in [0, 0.05) is 15.9 Å². The fourth-order valence-electron chi connectivity index (χ4n) is 2.81. The summed E-state index contributed by atoms with van der Waals surface area (Å²) in [6, 6.07) is 14.7. The number of fused-ring (bicyclic) bond motifs is 1. The number of benzene rings is 2. The second-order valence-corrected chi connectivity index (χ2v) is 7.86. The van der Waals surface area contributed by atoms with E-state index >= 15 is 0 Å². The Hall–Kier alpha value is -3.24. The number of carbonyl (C=O) groups excluding carboxylic acids is 1. The molecule has 0 saturated heterocycles. The fourth-order valence-corrected chi connectivity index (χ4v) is 4.14. The van der Waals surface area contributed by atoms with Crippen molar-refractivity contribution in [3.8, 4) is 11.3 Å². The number of rotatable bonds is 5. The van der Waals surface area contributed by atoms with Gasteiger partial charge in [-0.25, -0.2) is 5.43 Å². The smallest absolute Gasteiger partial charge is 0.307 e. The van der Waals surface area contributed by atoms with Crippen molar-refractivity contribution in [2.45, 2.75) is 0 Å². The molecule has 150 valence electrons. The van der Waals surface area contributed by atoms with E-state index in [9.17, 15) is 14.9 Å². The number of hydrogen-bond acceptors (Lipinski definition) is 6. The highest BCUT2D eigenvalue weighted by Gasteiger charge is 2.17. The summed E-state index contributed by atoms with van der Waals surface area (Å²) in [5.74, 6) is 0.208. The molecule has 0 aliphatic heterocycles. The van der Waals surface area contributed by atoms with Crippen LogP contribution < -0.4 is 5.43 Å². The lowest BCUT2D eigenvalue weighted by molar-refractivity contribution is -0.384. The monoisotopic (exact) mass is 531 g/mol. The maximum absolute atomic E-state index is 12.3. The maximum Gasteiger partial charge on any atom is 0.307 e. The van der Waals surface area contributed by atoms with Crippen molar-refractivity contribution in [2.24, 2.45) is 5.10 Å². The zero-order valence-electron chi connectivity index (χ0n) is 15.0. The van der Waals surface area contributed by atoms with E-state index in [-0.39, 0.29) is 11.4 Å². The van der Waals surface area contributed by atoms with Crippen LogP contribution in [0.2, 0.25) is 0 Å². The van der Waals surface area contributed by atoms with Crippen LogP contribution in [-0.4, -0.2) is 17.0 Å². The largest absolute Gasteiger partial charge is 0.455 e. The van der Waals surface area contributed by atoms with Crippen LogP contribution in [0, 0.1) is 10.1 Å². The number of halogens is 2. The lowest BCUT2D eigenvalue weighted by Crippen LogP contribution is -2.16. The average molecular weight is 533 g/mol. The van der Waals surface area contributed by atoms with Crippen LogP contribution in [0.4, 0.5) is 5.69 Å². The van der Waals surface area contributed by atoms with Gasteiger partial charge in [-0.2, -0.15) is 5.10 Å². The van der Waals surface area contributed by atoms with Gasteiger partial charge in [-0.3, -0.25) is 14.9 Å². The molecule has 4 rings (SSSR count). The van der Waals surface area contributed by atoms with E-state index in [1.807, 2.05) is 12.1 Å². The minimum absolute atomic E-state index is 0.0636. The summed E-state index contributed by atoms with van der Waals surface area (Å²) in [7, 11) is 0. The van der Waals surface area contributed by atoms with Crippen molar-refractivity contribution in [2.75, 3.05) is 0 Å². The van der Waals surface area contributed by atoms with E-state index in [2.05, 4.69) is 42.4 Å². The number of nitrogens with zero attached hydrogens (tertiary/aromatic N) is 2. The van der Waals surface area contributed by atoms with Gasteiger partial charge in [-0.05, 0) is 52.3 Å². The highest BCUT2D eigenvalue weighted by molar-refractivity contribution is 9.11. The molecule has 0 aliphatic carbocycles. The summed E-state index contributed by atoms with van der Waals surface area (Å²) >= 11 is 6.77. The Morgan fingerprint density at radius 2 is 1.90 bits per heavy atom. The van der Waals surface area contributed by atoms with Crippen molar-refractivity contribution < 1.29 is 18.6 Å². The third-order valence-electron chi connectivity index (χ3n) is 4.11. The van der Waals surface area contributed by atoms with Gasteiger partial charge in [0.1, 0.15) is 17.1 Å². The summed E-state index contributed by atoms with van der Waals surface area (Å²) in [6.45, 7) is 0. The van der Waals surface area contributed by atoms with Gasteiger partial charge < -0.3 is 8.83 Å². The molecule has 0 atom stereocenters. The van der Waals surface area contributed by atoms with Crippen molar-refractivity contribution in [1.82, 2.24) is 5.43 Å². The Bertz CT molecular complexity index is 1310. The molecule has 30 heavy (non-hydrogen) atoms. The normalized spacial score (nSPS) is 11.3. The zero-order valence-corrected chi connectivity index (χ0v) is 18.1. The standard InChI is InChI=1S/C20H11Br2N3O5/c21-12-7-11-8-18(30-19(11)15(22)9-12)20(26)24-23-10-13-5-6-17(29-13)14-3-1-2-4-16(14)25(27)28/h1-10H,(H,24,26)/b23-10+. The number of nitrogens with one attached hydrogen (secondary N) is 1. The van der Waals surface area contributed by atoms with Crippen LogP contribution in [0.25, 0.3) is 22.3 Å². The van der Waals surface area contributed by atoms with Crippen LogP contribution >= 0.6 is 31.9 Å². The van der Waals surface area contributed by atoms with Gasteiger partial charge in [0.25, 0.3) is 5.69 Å². The third kappa shape index (κ3) is 4.05. The Balaban J connectivity index is 1.49. The van der Waals surface area contributed by atoms with Crippen LogP contribution in [0.5, 0.6) is 0 Å². The van der Waals surface area contributed by atoms with Crippen LogP contribution in [0.3, 0.4) is 0 Å². The van der Waals surface area contributed by atoms with E-state index in [0.29, 0.717) is 27.1 Å². The molecule has 0 aliphatic rings. The summed E-state index contributed by atoms with van der Waals surface area (Å²) in [5, 5.41) is 15.8. The predicted octanol–water partition coefficient (Wildman–Crippen LogP) is 5.89. The first-order chi connectivity index (χ1) is 14.4. The molecule has 2 aromatic heterocycles. The number of furan rings is 2. The molecule has 0 spiro atoms. The summed E-state index contributed by atoms with van der Waals surface area (Å²) in [5.41, 5.74) is 3.20. The van der Waals surface area contributed by atoms with Gasteiger partial charge >= 0.3 is 5.91 Å². The number of carbonyl (C=O) groups is 1. The molecule has 10 heteroatoms. The molecule has 2 heterocycles. The van der Waals surface area contributed by atoms with E-state index in [1.54, 1.807) is 36.4 Å². The van der Waals surface area contributed by atoms with Gasteiger partial charge in [0.2, 0.25) is 0 Å². The number of para-hydroxylation sites is 1. The quantitative estimate of drug-likeness (QED) is 0.196. The Labute approximate surface area is 186 Å². The molecular formula is C20H11Br2N3O5. The first kappa shape index (κ1) is 20.0. The highest BCUT2D eigenvalue weighted by atomic mass is 79.9. The number of nitro groups is 1. The molecule has 8 nitrogen and oxygen atoms in total. The summed E-state index contributed by atoms with van der Waals surface area (Å²) < 4.78 is 12.7. The Morgan fingerprint density at radius 3 is 2.70 bits per heavy atom. The van der Waals surface area contributed by atoms with Gasteiger partial charge in [0.15, 0.2) is 5.76 Å². The Morgan fingerprint density at radius 1 is 1.10 bits per heavy atom. The molecule has 0 fully saturated rings. The summed E-state index contributed by atoms with van der Waals surface area (Å²) in [6.07, 6.45) is 1.30. The van der Waals surface area contributed by atoms with Crippen LogP contribution in [0.15, 0.2) is 77.5 Å². The van der Waals surface area contributed by atoms with Gasteiger partial charge in [-0.15, -0.1) is 0 Å². The van der Waals surface area contributed by atoms with Crippen molar-refractivity contribution in [3.05, 3.63) is 85.2 Å². The lowest BCUT2D eigenvalue weighted by atomic mass is 10.1. The molecule has 1 N–H and O–H groups in total. The van der Waals surface area contributed by atoms with Crippen LogP contribution in [-0.2, 0) is 0 Å². The number of hydrazone groups is 1. The molecular weight excluding hydrogens is 522 g/mol. The lowest BCUT2D eigenvalue weighted by Gasteiger charge is -1.98. The van der Waals surface area contributed by atoms with E-state index in [0.717, 1.165) is 9.86 Å². The zero-order chi connectivity index (χ0) is 21.3. The second kappa shape index (κ2) is 8.25. The van der Waals surface area contributed by atoms with E-state index in [1.165, 1.54) is 12.3 Å². The topological polar surface area (TPSA) is 111 Å². The van der Waals surface area contributed by atoms with E-state index in [4.69, 9.17) is 8.83 Å². The second-order valence-electron chi connectivity index (χ2n) is 6.09. The first-order valence-corrected chi connectivity index (χ1v) is 10.1. The van der Waals surface area contributed by atoms with Crippen molar-refractivity contribution in [3.63, 3.8) is 0 Å². The van der Waals surface area contributed by atoms with Crippen molar-refractivity contribution >= 4 is 60.6 Å². The van der Waals surface area contributed by atoms with E-state index < -0.39 is 10.8 Å². The molecule has 2 aromatic carbocycles. The average Bonchev–Trinajstić information content (AvgIpc) is 3.35. The minimum Gasteiger partial charge on any atom is -0.455 e. The molecule has 1 amide bonds.